The summed E-state index contributed by atoms with van der Waals surface area (Å²) in [5.74, 6) is 0.762. The van der Waals surface area contributed by atoms with E-state index in [-0.39, 0.29) is 11.9 Å². The van der Waals surface area contributed by atoms with Crippen molar-refractivity contribution in [3.8, 4) is 0 Å². The van der Waals surface area contributed by atoms with Crippen LogP contribution in [0.2, 0.25) is 5.28 Å². The quantitative estimate of drug-likeness (QED) is 0.473. The van der Waals surface area contributed by atoms with E-state index in [1.807, 2.05) is 0 Å². The Morgan fingerprint density at radius 3 is 2.54 bits per heavy atom. The van der Waals surface area contributed by atoms with Gasteiger partial charge in [0.2, 0.25) is 5.28 Å². The first kappa shape index (κ1) is 18.5. The van der Waals surface area contributed by atoms with Crippen LogP contribution in [0, 0.1) is 13.8 Å². The summed E-state index contributed by atoms with van der Waals surface area (Å²) in [5.41, 5.74) is 4.54. The molecule has 0 aliphatic heterocycles. The summed E-state index contributed by atoms with van der Waals surface area (Å²) in [6, 6.07) is 6.24. The molecule has 0 saturated heterocycles. The van der Waals surface area contributed by atoms with Crippen LogP contribution >= 0.6 is 11.6 Å². The number of unbranched alkanes of at least 4 members (excludes halogenated alkanes) is 2. The van der Waals surface area contributed by atoms with Crippen molar-refractivity contribution in [2.75, 3.05) is 23.8 Å². The normalized spacial score (nSPS) is 10.7. The average Bonchev–Trinajstić information content (AvgIpc) is 2.56. The Morgan fingerprint density at radius 1 is 1.08 bits per heavy atom. The molecule has 2 rings (SSSR count). The minimum absolute atomic E-state index is 0.240. The van der Waals surface area contributed by atoms with Crippen molar-refractivity contribution >= 4 is 23.1 Å². The van der Waals surface area contributed by atoms with Gasteiger partial charge in [-0.05, 0) is 55.8 Å². The fourth-order valence-corrected chi connectivity index (χ4v) is 2.70. The number of aliphatic hydroxyl groups is 1. The Bertz CT molecular complexity index is 643. The maximum atomic E-state index is 8.82. The zero-order valence-corrected chi connectivity index (χ0v) is 15.0. The topological polar surface area (TPSA) is 70.1 Å². The van der Waals surface area contributed by atoms with Crippen LogP contribution in [0.15, 0.2) is 24.4 Å². The lowest BCUT2D eigenvalue weighted by molar-refractivity contribution is 0.283. The van der Waals surface area contributed by atoms with Crippen molar-refractivity contribution in [3.63, 3.8) is 0 Å². The third-order valence-corrected chi connectivity index (χ3v) is 4.08. The maximum Gasteiger partial charge on any atom is 0.224 e. The first-order valence-corrected chi connectivity index (χ1v) is 8.66. The van der Waals surface area contributed by atoms with Gasteiger partial charge in [-0.2, -0.15) is 0 Å². The van der Waals surface area contributed by atoms with Gasteiger partial charge in [0.15, 0.2) is 0 Å². The Hall–Kier alpha value is -1.85. The lowest BCUT2D eigenvalue weighted by Crippen LogP contribution is -2.11. The predicted octanol–water partition coefficient (Wildman–Crippen LogP) is 3.93. The Morgan fingerprint density at radius 2 is 1.83 bits per heavy atom. The number of benzene rings is 1. The second-order valence-electron chi connectivity index (χ2n) is 5.84. The molecule has 130 valence electrons. The molecule has 0 amide bonds. The summed E-state index contributed by atoms with van der Waals surface area (Å²) in [6.45, 7) is 5.85. The van der Waals surface area contributed by atoms with Gasteiger partial charge in [-0.1, -0.05) is 18.2 Å². The molecule has 0 aliphatic rings. The molecule has 0 saturated carbocycles. The van der Waals surface area contributed by atoms with E-state index in [1.165, 1.54) is 11.1 Å². The fraction of sp³-hybridized carbons (Fsp3) is 0.444. The molecule has 0 bridgehead atoms. The van der Waals surface area contributed by atoms with Crippen molar-refractivity contribution < 1.29 is 5.11 Å². The van der Waals surface area contributed by atoms with Crippen LogP contribution in [-0.2, 0) is 6.54 Å². The molecule has 24 heavy (non-hydrogen) atoms. The van der Waals surface area contributed by atoms with Crippen LogP contribution in [-0.4, -0.2) is 28.2 Å². The first-order valence-electron chi connectivity index (χ1n) is 8.28. The van der Waals surface area contributed by atoms with E-state index in [0.717, 1.165) is 42.9 Å². The number of aliphatic hydroxyl groups excluding tert-OH is 1. The lowest BCUT2D eigenvalue weighted by Gasteiger charge is -2.15. The van der Waals surface area contributed by atoms with Crippen molar-refractivity contribution in [1.82, 2.24) is 9.97 Å². The van der Waals surface area contributed by atoms with Crippen molar-refractivity contribution in [2.24, 2.45) is 0 Å². The fourth-order valence-electron chi connectivity index (χ4n) is 2.56. The Labute approximate surface area is 148 Å². The highest BCUT2D eigenvalue weighted by atomic mass is 35.5. The molecular formula is C18H25ClN4O. The van der Waals surface area contributed by atoms with Crippen LogP contribution in [0.3, 0.4) is 0 Å². The summed E-state index contributed by atoms with van der Waals surface area (Å²) in [7, 11) is 0. The number of hydrogen-bond donors (Lipinski definition) is 3. The summed E-state index contributed by atoms with van der Waals surface area (Å²) >= 11 is 5.93. The number of nitrogens with zero attached hydrogens (tertiary/aromatic N) is 2. The molecule has 0 spiro atoms. The summed E-state index contributed by atoms with van der Waals surface area (Å²) in [6.07, 6.45) is 4.55. The highest BCUT2D eigenvalue weighted by Crippen LogP contribution is 2.22. The molecule has 0 unspecified atom stereocenters. The molecule has 6 heteroatoms. The number of nitrogens with one attached hydrogen (secondary N) is 2. The molecule has 1 heterocycles. The molecule has 0 radical (unpaired) electrons. The molecule has 5 nitrogen and oxygen atoms in total. The van der Waals surface area contributed by atoms with Gasteiger partial charge in [0.05, 0.1) is 0 Å². The maximum absolute atomic E-state index is 8.82. The van der Waals surface area contributed by atoms with E-state index in [1.54, 1.807) is 6.20 Å². The van der Waals surface area contributed by atoms with Crippen LogP contribution in [0.1, 0.15) is 36.0 Å². The van der Waals surface area contributed by atoms with Crippen LogP contribution < -0.4 is 10.6 Å². The SMILES string of the molecule is Cc1cccc(C)c1NCc1cnc(Cl)nc1NCCCCCO. The number of hydrogen-bond acceptors (Lipinski definition) is 5. The summed E-state index contributed by atoms with van der Waals surface area (Å²) in [4.78, 5) is 8.40. The van der Waals surface area contributed by atoms with Gasteiger partial charge in [0, 0.05) is 37.1 Å². The molecule has 2 aromatic rings. The average molecular weight is 349 g/mol. The van der Waals surface area contributed by atoms with Gasteiger partial charge in [-0.25, -0.2) is 9.97 Å². The van der Waals surface area contributed by atoms with E-state index in [2.05, 4.69) is 52.6 Å². The van der Waals surface area contributed by atoms with Gasteiger partial charge < -0.3 is 15.7 Å². The van der Waals surface area contributed by atoms with E-state index in [0.29, 0.717) is 6.54 Å². The summed E-state index contributed by atoms with van der Waals surface area (Å²) in [5, 5.41) is 15.9. The standard InChI is InChI=1S/C18H25ClN4O/c1-13-7-6-8-14(2)16(13)21-11-15-12-22-18(19)23-17(15)20-9-4-3-5-10-24/h6-8,12,21,24H,3-5,9-11H2,1-2H3,(H,20,22,23). The largest absolute Gasteiger partial charge is 0.396 e. The highest BCUT2D eigenvalue weighted by Gasteiger charge is 2.08. The van der Waals surface area contributed by atoms with Crippen molar-refractivity contribution in [3.05, 3.63) is 46.4 Å². The number of aromatic nitrogens is 2. The minimum atomic E-state index is 0.240. The van der Waals surface area contributed by atoms with Gasteiger partial charge in [-0.15, -0.1) is 0 Å². The number of rotatable bonds is 9. The van der Waals surface area contributed by atoms with Gasteiger partial charge in [0.1, 0.15) is 5.82 Å². The van der Waals surface area contributed by atoms with E-state index < -0.39 is 0 Å². The molecule has 0 fully saturated rings. The second kappa shape index (κ2) is 9.45. The zero-order chi connectivity index (χ0) is 17.4. The Balaban J connectivity index is 2.01. The first-order chi connectivity index (χ1) is 11.6. The minimum Gasteiger partial charge on any atom is -0.396 e. The molecule has 3 N–H and O–H groups in total. The smallest absolute Gasteiger partial charge is 0.224 e. The number of aryl methyl sites for hydroxylation is 2. The number of anilines is 2. The number of para-hydroxylation sites is 1. The molecule has 0 atom stereocenters. The lowest BCUT2D eigenvalue weighted by atomic mass is 10.1. The van der Waals surface area contributed by atoms with Crippen LogP contribution in [0.5, 0.6) is 0 Å². The predicted molar refractivity (Wildman–Crippen MR) is 99.7 cm³/mol. The highest BCUT2D eigenvalue weighted by molar-refractivity contribution is 6.28. The van der Waals surface area contributed by atoms with Crippen LogP contribution in [0.25, 0.3) is 0 Å². The van der Waals surface area contributed by atoms with Crippen LogP contribution in [0.4, 0.5) is 11.5 Å². The third kappa shape index (κ3) is 5.35. The van der Waals surface area contributed by atoms with Gasteiger partial charge >= 0.3 is 0 Å². The molecule has 0 aliphatic carbocycles. The molecular weight excluding hydrogens is 324 g/mol. The number of halogens is 1. The second-order valence-corrected chi connectivity index (χ2v) is 6.18. The van der Waals surface area contributed by atoms with E-state index >= 15 is 0 Å². The monoisotopic (exact) mass is 348 g/mol. The van der Waals surface area contributed by atoms with E-state index in [9.17, 15) is 0 Å². The third-order valence-electron chi connectivity index (χ3n) is 3.90. The molecule has 1 aromatic heterocycles. The van der Waals surface area contributed by atoms with E-state index in [4.69, 9.17) is 16.7 Å². The van der Waals surface area contributed by atoms with Gasteiger partial charge in [-0.3, -0.25) is 0 Å². The van der Waals surface area contributed by atoms with Crippen molar-refractivity contribution in [1.29, 1.82) is 0 Å². The van der Waals surface area contributed by atoms with Crippen molar-refractivity contribution in [2.45, 2.75) is 39.7 Å². The Kier molecular flexibility index (Phi) is 7.28. The zero-order valence-electron chi connectivity index (χ0n) is 14.3. The molecule has 1 aromatic carbocycles. The van der Waals surface area contributed by atoms with Gasteiger partial charge in [0.25, 0.3) is 0 Å². The summed E-state index contributed by atoms with van der Waals surface area (Å²) < 4.78 is 0.